The lowest BCUT2D eigenvalue weighted by atomic mass is 9.70. The monoisotopic (exact) mass is 223 g/mol. The van der Waals surface area contributed by atoms with Gasteiger partial charge < -0.3 is 5.32 Å². The first-order chi connectivity index (χ1) is 7.72. The number of rotatable bonds is 5. The lowest BCUT2D eigenvalue weighted by molar-refractivity contribution is 0.140. The van der Waals surface area contributed by atoms with Gasteiger partial charge in [0.15, 0.2) is 0 Å². The van der Waals surface area contributed by atoms with Crippen LogP contribution >= 0.6 is 0 Å². The maximum atomic E-state index is 3.80. The predicted molar refractivity (Wildman–Crippen MR) is 70.5 cm³/mol. The third kappa shape index (κ3) is 3.00. The highest BCUT2D eigenvalue weighted by molar-refractivity contribution is 4.88. The SMILES string of the molecule is CCC1CCCCC1C(C)C(C)NC1CC1. The standard InChI is InChI=1S/C15H29N/c1-4-13-7-5-6-8-15(13)11(2)12(3)16-14-9-10-14/h11-16H,4-10H2,1-3H3. The van der Waals surface area contributed by atoms with E-state index >= 15 is 0 Å². The van der Waals surface area contributed by atoms with Crippen LogP contribution in [0, 0.1) is 17.8 Å². The summed E-state index contributed by atoms with van der Waals surface area (Å²) in [5.74, 6) is 2.86. The Hall–Kier alpha value is -0.0400. The summed E-state index contributed by atoms with van der Waals surface area (Å²) in [4.78, 5) is 0. The third-order valence-corrected chi connectivity index (χ3v) is 5.03. The molecule has 0 aromatic heterocycles. The molecule has 1 heteroatoms. The second kappa shape index (κ2) is 5.53. The number of nitrogens with one attached hydrogen (secondary N) is 1. The Balaban J connectivity index is 1.86. The first-order valence-electron chi connectivity index (χ1n) is 7.48. The molecule has 2 saturated carbocycles. The Labute approximate surface area is 101 Å². The molecule has 1 N–H and O–H groups in total. The molecule has 1 nitrogen and oxygen atoms in total. The lowest BCUT2D eigenvalue weighted by Crippen LogP contribution is -2.40. The van der Waals surface area contributed by atoms with Gasteiger partial charge in [-0.15, -0.1) is 0 Å². The molecule has 0 aromatic rings. The van der Waals surface area contributed by atoms with E-state index in [4.69, 9.17) is 0 Å². The number of hydrogen-bond acceptors (Lipinski definition) is 1. The third-order valence-electron chi connectivity index (χ3n) is 5.03. The smallest absolute Gasteiger partial charge is 0.00708 e. The molecule has 0 radical (unpaired) electrons. The molecule has 0 spiro atoms. The van der Waals surface area contributed by atoms with Crippen LogP contribution in [0.4, 0.5) is 0 Å². The average molecular weight is 223 g/mol. The fraction of sp³-hybridized carbons (Fsp3) is 1.00. The van der Waals surface area contributed by atoms with Gasteiger partial charge in [0.2, 0.25) is 0 Å². The van der Waals surface area contributed by atoms with Crippen molar-refractivity contribution in [2.75, 3.05) is 0 Å². The van der Waals surface area contributed by atoms with E-state index in [1.165, 1.54) is 44.9 Å². The van der Waals surface area contributed by atoms with E-state index in [1.807, 2.05) is 0 Å². The second-order valence-electron chi connectivity index (χ2n) is 6.21. The van der Waals surface area contributed by atoms with Crippen LogP contribution in [0.5, 0.6) is 0 Å². The van der Waals surface area contributed by atoms with Crippen LogP contribution < -0.4 is 5.32 Å². The molecule has 2 rings (SSSR count). The van der Waals surface area contributed by atoms with Gasteiger partial charge >= 0.3 is 0 Å². The maximum absolute atomic E-state index is 3.80. The van der Waals surface area contributed by atoms with Crippen molar-refractivity contribution in [3.63, 3.8) is 0 Å². The summed E-state index contributed by atoms with van der Waals surface area (Å²) < 4.78 is 0. The molecular formula is C15H29N. The highest BCUT2D eigenvalue weighted by Crippen LogP contribution is 2.38. The molecule has 0 aliphatic heterocycles. The van der Waals surface area contributed by atoms with Crippen LogP contribution in [0.25, 0.3) is 0 Å². The topological polar surface area (TPSA) is 12.0 Å². The molecular weight excluding hydrogens is 194 g/mol. The molecule has 4 atom stereocenters. The molecule has 0 amide bonds. The Bertz CT molecular complexity index is 209. The Kier molecular flexibility index (Phi) is 4.29. The largest absolute Gasteiger partial charge is 0.311 e. The molecule has 94 valence electrons. The first kappa shape index (κ1) is 12.4. The second-order valence-corrected chi connectivity index (χ2v) is 6.21. The van der Waals surface area contributed by atoms with Gasteiger partial charge in [0.1, 0.15) is 0 Å². The summed E-state index contributed by atoms with van der Waals surface area (Å²) in [6.07, 6.45) is 10.1. The van der Waals surface area contributed by atoms with Crippen molar-refractivity contribution in [1.82, 2.24) is 5.32 Å². The van der Waals surface area contributed by atoms with Gasteiger partial charge in [-0.2, -0.15) is 0 Å². The van der Waals surface area contributed by atoms with Crippen LogP contribution in [0.15, 0.2) is 0 Å². The van der Waals surface area contributed by atoms with Crippen LogP contribution in [0.3, 0.4) is 0 Å². The van der Waals surface area contributed by atoms with Gasteiger partial charge in [-0.05, 0) is 43.9 Å². The van der Waals surface area contributed by atoms with E-state index in [0.29, 0.717) is 0 Å². The van der Waals surface area contributed by atoms with Gasteiger partial charge in [0.05, 0.1) is 0 Å². The van der Waals surface area contributed by atoms with Crippen LogP contribution in [0.1, 0.15) is 65.7 Å². The molecule has 0 heterocycles. The Morgan fingerprint density at radius 2 is 1.75 bits per heavy atom. The summed E-state index contributed by atoms with van der Waals surface area (Å²) in [6, 6.07) is 1.59. The summed E-state index contributed by atoms with van der Waals surface area (Å²) in [5, 5.41) is 3.80. The minimum atomic E-state index is 0.727. The van der Waals surface area contributed by atoms with Gasteiger partial charge in [0, 0.05) is 12.1 Å². The van der Waals surface area contributed by atoms with E-state index in [1.54, 1.807) is 0 Å². The van der Waals surface area contributed by atoms with Crippen molar-refractivity contribution < 1.29 is 0 Å². The quantitative estimate of drug-likeness (QED) is 0.743. The van der Waals surface area contributed by atoms with Crippen molar-refractivity contribution in [2.45, 2.75) is 77.8 Å². The van der Waals surface area contributed by atoms with E-state index < -0.39 is 0 Å². The molecule has 0 bridgehead atoms. The van der Waals surface area contributed by atoms with E-state index in [2.05, 4.69) is 26.1 Å². The normalized spacial score (nSPS) is 34.7. The number of hydrogen-bond donors (Lipinski definition) is 1. The first-order valence-corrected chi connectivity index (χ1v) is 7.48. The fourth-order valence-corrected chi connectivity index (χ4v) is 3.58. The van der Waals surface area contributed by atoms with Crippen LogP contribution in [0.2, 0.25) is 0 Å². The fourth-order valence-electron chi connectivity index (χ4n) is 3.58. The van der Waals surface area contributed by atoms with Crippen molar-refractivity contribution in [1.29, 1.82) is 0 Å². The molecule has 4 unspecified atom stereocenters. The molecule has 0 aromatic carbocycles. The van der Waals surface area contributed by atoms with Gasteiger partial charge in [0.25, 0.3) is 0 Å². The zero-order chi connectivity index (χ0) is 11.5. The minimum Gasteiger partial charge on any atom is -0.311 e. The van der Waals surface area contributed by atoms with Gasteiger partial charge in [-0.1, -0.05) is 39.5 Å². The average Bonchev–Trinajstić information content (AvgIpc) is 3.11. The molecule has 2 aliphatic rings. The summed E-state index contributed by atoms with van der Waals surface area (Å²) in [6.45, 7) is 7.28. The van der Waals surface area contributed by atoms with E-state index in [0.717, 1.165) is 29.8 Å². The van der Waals surface area contributed by atoms with Crippen LogP contribution in [-0.4, -0.2) is 12.1 Å². The van der Waals surface area contributed by atoms with Gasteiger partial charge in [-0.25, -0.2) is 0 Å². The molecule has 16 heavy (non-hydrogen) atoms. The minimum absolute atomic E-state index is 0.727. The van der Waals surface area contributed by atoms with Crippen molar-refractivity contribution in [3.8, 4) is 0 Å². The molecule has 2 fully saturated rings. The van der Waals surface area contributed by atoms with Crippen molar-refractivity contribution in [2.24, 2.45) is 17.8 Å². The summed E-state index contributed by atoms with van der Waals surface area (Å²) in [7, 11) is 0. The highest BCUT2D eigenvalue weighted by atomic mass is 15.0. The zero-order valence-electron chi connectivity index (χ0n) is 11.3. The molecule has 2 aliphatic carbocycles. The Morgan fingerprint density at radius 1 is 1.06 bits per heavy atom. The van der Waals surface area contributed by atoms with Crippen molar-refractivity contribution in [3.05, 3.63) is 0 Å². The maximum Gasteiger partial charge on any atom is 0.00708 e. The van der Waals surface area contributed by atoms with Crippen LogP contribution in [-0.2, 0) is 0 Å². The zero-order valence-corrected chi connectivity index (χ0v) is 11.3. The lowest BCUT2D eigenvalue weighted by Gasteiger charge is -2.38. The Morgan fingerprint density at radius 3 is 2.38 bits per heavy atom. The molecule has 0 saturated heterocycles. The predicted octanol–water partition coefficient (Wildman–Crippen LogP) is 3.98. The summed E-state index contributed by atoms with van der Waals surface area (Å²) >= 11 is 0. The van der Waals surface area contributed by atoms with E-state index in [-0.39, 0.29) is 0 Å². The highest BCUT2D eigenvalue weighted by Gasteiger charge is 2.33. The van der Waals surface area contributed by atoms with Crippen molar-refractivity contribution >= 4 is 0 Å². The van der Waals surface area contributed by atoms with E-state index in [9.17, 15) is 0 Å². The van der Waals surface area contributed by atoms with Gasteiger partial charge in [-0.3, -0.25) is 0 Å². The summed E-state index contributed by atoms with van der Waals surface area (Å²) in [5.41, 5.74) is 0.